The second-order valence-corrected chi connectivity index (χ2v) is 10.8. The van der Waals surface area contributed by atoms with Crippen LogP contribution in [0, 0.1) is 13.8 Å². The number of rotatable bonds is 5. The number of nitrogens with one attached hydrogen (secondary N) is 1. The number of aromatic nitrogens is 2. The van der Waals surface area contributed by atoms with Gasteiger partial charge in [0.1, 0.15) is 0 Å². The van der Waals surface area contributed by atoms with E-state index in [2.05, 4.69) is 4.72 Å². The van der Waals surface area contributed by atoms with Gasteiger partial charge in [-0.15, -0.1) is 0 Å². The topological polar surface area (TPSA) is 73.1 Å². The Morgan fingerprint density at radius 2 is 1.56 bits per heavy atom. The number of imidazole rings is 1. The van der Waals surface area contributed by atoms with Crippen LogP contribution in [0.1, 0.15) is 11.1 Å². The molecule has 0 aliphatic heterocycles. The lowest BCUT2D eigenvalue weighted by atomic mass is 10.2. The first-order valence-electron chi connectivity index (χ1n) is 9.80. The summed E-state index contributed by atoms with van der Waals surface area (Å²) in [7, 11) is -0.512. The van der Waals surface area contributed by atoms with E-state index in [4.69, 9.17) is 11.6 Å². The lowest BCUT2D eigenvalue weighted by Gasteiger charge is -2.15. The zero-order valence-electron chi connectivity index (χ0n) is 18.0. The van der Waals surface area contributed by atoms with E-state index in [1.807, 2.05) is 37.3 Å². The van der Waals surface area contributed by atoms with Crippen molar-refractivity contribution < 1.29 is 8.42 Å². The molecule has 9 heteroatoms. The van der Waals surface area contributed by atoms with Crippen LogP contribution < -0.4 is 10.4 Å². The molecule has 4 aromatic rings. The summed E-state index contributed by atoms with van der Waals surface area (Å²) >= 11 is 7.69. The molecular formula is C23H22ClN3O3S2. The number of hydrogen-bond acceptors (Lipinski definition) is 4. The monoisotopic (exact) mass is 487 g/mol. The molecule has 0 aliphatic carbocycles. The van der Waals surface area contributed by atoms with E-state index in [0.29, 0.717) is 32.2 Å². The standard InChI is InChI=1S/C23H22ClN3O3S2/c1-14-9-10-22(15(2)11-14)32(29,30)25-17-12-18-19(27(4)23(28)26(18)3)13-21(17)31-20-8-6-5-7-16(20)24/h5-13,25H,1-4H3. The van der Waals surface area contributed by atoms with Crippen molar-refractivity contribution in [2.24, 2.45) is 14.1 Å². The number of anilines is 1. The van der Waals surface area contributed by atoms with Crippen LogP contribution in [0.3, 0.4) is 0 Å². The van der Waals surface area contributed by atoms with Gasteiger partial charge in [0, 0.05) is 23.9 Å². The maximum absolute atomic E-state index is 13.3. The molecular weight excluding hydrogens is 466 g/mol. The van der Waals surface area contributed by atoms with Crippen molar-refractivity contribution in [1.29, 1.82) is 0 Å². The average molecular weight is 488 g/mol. The number of aryl methyl sites for hydroxylation is 4. The van der Waals surface area contributed by atoms with Crippen LogP contribution >= 0.6 is 23.4 Å². The first kappa shape index (κ1) is 22.5. The number of benzene rings is 3. The van der Waals surface area contributed by atoms with E-state index in [0.717, 1.165) is 10.5 Å². The van der Waals surface area contributed by atoms with Crippen LogP contribution in [0.15, 0.2) is 74.1 Å². The first-order valence-corrected chi connectivity index (χ1v) is 12.5. The molecule has 0 saturated carbocycles. The molecule has 0 aliphatic rings. The number of nitrogens with zero attached hydrogens (tertiary/aromatic N) is 2. The highest BCUT2D eigenvalue weighted by Crippen LogP contribution is 2.40. The Bertz CT molecular complexity index is 1520. The highest BCUT2D eigenvalue weighted by molar-refractivity contribution is 7.99. The minimum absolute atomic E-state index is 0.192. The molecule has 0 fully saturated rings. The van der Waals surface area contributed by atoms with E-state index in [-0.39, 0.29) is 10.6 Å². The Balaban J connectivity index is 1.89. The van der Waals surface area contributed by atoms with Gasteiger partial charge in [0.15, 0.2) is 0 Å². The predicted octanol–water partition coefficient (Wildman–Crippen LogP) is 5.10. The Hall–Kier alpha value is -2.68. The summed E-state index contributed by atoms with van der Waals surface area (Å²) < 4.78 is 32.3. The van der Waals surface area contributed by atoms with Crippen LogP contribution in [-0.2, 0) is 24.1 Å². The van der Waals surface area contributed by atoms with Crippen LogP contribution in [-0.4, -0.2) is 17.6 Å². The van der Waals surface area contributed by atoms with E-state index >= 15 is 0 Å². The van der Waals surface area contributed by atoms with E-state index in [1.165, 1.54) is 20.9 Å². The molecule has 32 heavy (non-hydrogen) atoms. The van der Waals surface area contributed by atoms with Gasteiger partial charge >= 0.3 is 5.69 Å². The molecule has 3 aromatic carbocycles. The fourth-order valence-electron chi connectivity index (χ4n) is 3.64. The highest BCUT2D eigenvalue weighted by atomic mass is 35.5. The van der Waals surface area contributed by atoms with Gasteiger partial charge in [-0.25, -0.2) is 13.2 Å². The van der Waals surface area contributed by atoms with Crippen LogP contribution in [0.25, 0.3) is 11.0 Å². The smallest absolute Gasteiger partial charge is 0.295 e. The molecule has 6 nitrogen and oxygen atoms in total. The Morgan fingerprint density at radius 1 is 0.906 bits per heavy atom. The van der Waals surface area contributed by atoms with Crippen molar-refractivity contribution in [2.45, 2.75) is 28.5 Å². The summed E-state index contributed by atoms with van der Waals surface area (Å²) in [6.45, 7) is 3.68. The van der Waals surface area contributed by atoms with Crippen LogP contribution in [0.4, 0.5) is 5.69 Å². The molecule has 0 unspecified atom stereocenters. The van der Waals surface area contributed by atoms with Crippen molar-refractivity contribution >= 4 is 50.1 Å². The molecule has 0 bridgehead atoms. The first-order chi connectivity index (χ1) is 15.1. The van der Waals surface area contributed by atoms with Gasteiger partial charge in [0.25, 0.3) is 10.0 Å². The Morgan fingerprint density at radius 3 is 2.22 bits per heavy atom. The van der Waals surface area contributed by atoms with E-state index in [1.54, 1.807) is 45.3 Å². The molecule has 0 atom stereocenters. The van der Waals surface area contributed by atoms with Gasteiger partial charge in [0.2, 0.25) is 0 Å². The second kappa shape index (κ2) is 8.35. The normalized spacial score (nSPS) is 11.8. The minimum atomic E-state index is -3.86. The zero-order valence-corrected chi connectivity index (χ0v) is 20.4. The molecule has 1 heterocycles. The quantitative estimate of drug-likeness (QED) is 0.425. The number of sulfonamides is 1. The largest absolute Gasteiger partial charge is 0.328 e. The van der Waals surface area contributed by atoms with E-state index < -0.39 is 10.0 Å². The second-order valence-electron chi connectivity index (χ2n) is 7.64. The van der Waals surface area contributed by atoms with Crippen molar-refractivity contribution in [3.63, 3.8) is 0 Å². The number of halogens is 1. The molecule has 0 radical (unpaired) electrons. The summed E-state index contributed by atoms with van der Waals surface area (Å²) in [4.78, 5) is 14.1. The summed E-state index contributed by atoms with van der Waals surface area (Å²) in [5.41, 5.74) is 3.15. The van der Waals surface area contributed by atoms with Crippen molar-refractivity contribution in [2.75, 3.05) is 4.72 Å². The molecule has 0 saturated heterocycles. The lowest BCUT2D eigenvalue weighted by molar-refractivity contribution is 0.600. The van der Waals surface area contributed by atoms with Crippen LogP contribution in [0.2, 0.25) is 5.02 Å². The third-order valence-electron chi connectivity index (χ3n) is 5.29. The van der Waals surface area contributed by atoms with Gasteiger partial charge in [-0.05, 0) is 49.7 Å². The fourth-order valence-corrected chi connectivity index (χ4v) is 6.19. The van der Waals surface area contributed by atoms with Crippen LogP contribution in [0.5, 0.6) is 0 Å². The SMILES string of the molecule is Cc1ccc(S(=O)(=O)Nc2cc3c(cc2Sc2ccccc2Cl)n(C)c(=O)n3C)c(C)c1. The van der Waals surface area contributed by atoms with Gasteiger partial charge < -0.3 is 0 Å². The average Bonchev–Trinajstić information content (AvgIpc) is 2.93. The van der Waals surface area contributed by atoms with Crippen molar-refractivity contribution in [1.82, 2.24) is 9.13 Å². The summed E-state index contributed by atoms with van der Waals surface area (Å²) in [6.07, 6.45) is 0. The number of hydrogen-bond donors (Lipinski definition) is 1. The number of fused-ring (bicyclic) bond motifs is 1. The maximum atomic E-state index is 13.3. The van der Waals surface area contributed by atoms with Gasteiger partial charge in [-0.3, -0.25) is 13.9 Å². The zero-order chi connectivity index (χ0) is 23.2. The van der Waals surface area contributed by atoms with Gasteiger partial charge in [-0.2, -0.15) is 0 Å². The third-order valence-corrected chi connectivity index (χ3v) is 8.40. The molecule has 1 N–H and O–H groups in total. The minimum Gasteiger partial charge on any atom is -0.295 e. The molecule has 166 valence electrons. The third kappa shape index (κ3) is 4.05. The van der Waals surface area contributed by atoms with Crippen molar-refractivity contribution in [3.8, 4) is 0 Å². The summed E-state index contributed by atoms with van der Waals surface area (Å²) in [5, 5.41) is 0.558. The Labute approximate surface area is 195 Å². The van der Waals surface area contributed by atoms with Crippen molar-refractivity contribution in [3.05, 3.63) is 81.2 Å². The highest BCUT2D eigenvalue weighted by Gasteiger charge is 2.21. The molecule has 4 rings (SSSR count). The Kier molecular flexibility index (Phi) is 5.87. The van der Waals surface area contributed by atoms with E-state index in [9.17, 15) is 13.2 Å². The van der Waals surface area contributed by atoms with Gasteiger partial charge in [-0.1, -0.05) is 53.2 Å². The lowest BCUT2D eigenvalue weighted by Crippen LogP contribution is -2.19. The molecule has 0 amide bonds. The maximum Gasteiger partial charge on any atom is 0.328 e. The molecule has 1 aromatic heterocycles. The fraction of sp³-hybridized carbons (Fsp3) is 0.174. The molecule has 0 spiro atoms. The summed E-state index contributed by atoms with van der Waals surface area (Å²) in [6, 6.07) is 16.0. The van der Waals surface area contributed by atoms with Gasteiger partial charge in [0.05, 0.1) is 26.6 Å². The summed E-state index contributed by atoms with van der Waals surface area (Å²) in [5.74, 6) is 0. The predicted molar refractivity (Wildman–Crippen MR) is 130 cm³/mol.